The van der Waals surface area contributed by atoms with Crippen molar-refractivity contribution in [2.45, 2.75) is 12.1 Å². The molecule has 30 heavy (non-hydrogen) atoms. The third-order valence-electron chi connectivity index (χ3n) is 5.00. The monoisotopic (exact) mass is 412 g/mol. The number of hydrogen-bond acceptors (Lipinski definition) is 3. The minimum atomic E-state index is -0.182. The normalized spacial score (nSPS) is 11.9. The molecule has 0 bridgehead atoms. The third kappa shape index (κ3) is 5.03. The molecule has 0 saturated heterocycles. The quantitative estimate of drug-likeness (QED) is 0.410. The van der Waals surface area contributed by atoms with Crippen LogP contribution in [0, 0.1) is 0 Å². The van der Waals surface area contributed by atoms with E-state index in [1.54, 1.807) is 11.3 Å². The molecular formula is C26H24N2OS. The van der Waals surface area contributed by atoms with E-state index in [0.29, 0.717) is 0 Å². The standard InChI is InChI=1S/C26H24N2OS/c29-24(19-27-26(23-17-10-18-30-23)22-15-8-3-9-16-22)28-25(20-11-4-1-5-12-20)21-13-6-2-7-14-21/h1-18,25-27H,19H2,(H,28,29)/t26-/m1/s1. The van der Waals surface area contributed by atoms with E-state index >= 15 is 0 Å². The Balaban J connectivity index is 1.49. The minimum Gasteiger partial charge on any atom is -0.344 e. The summed E-state index contributed by atoms with van der Waals surface area (Å²) in [6.45, 7) is 0.230. The SMILES string of the molecule is O=C(CN[C@H](c1ccccc1)c1cccs1)NC(c1ccccc1)c1ccccc1. The van der Waals surface area contributed by atoms with Crippen LogP contribution in [-0.2, 0) is 4.79 Å². The molecule has 3 aromatic carbocycles. The van der Waals surface area contributed by atoms with Crippen molar-refractivity contribution in [3.8, 4) is 0 Å². The minimum absolute atomic E-state index is 0.0103. The van der Waals surface area contributed by atoms with Gasteiger partial charge >= 0.3 is 0 Å². The lowest BCUT2D eigenvalue weighted by atomic mass is 9.98. The van der Waals surface area contributed by atoms with Crippen molar-refractivity contribution in [1.82, 2.24) is 10.6 Å². The predicted molar refractivity (Wildman–Crippen MR) is 123 cm³/mol. The van der Waals surface area contributed by atoms with Gasteiger partial charge in [-0.15, -0.1) is 11.3 Å². The smallest absolute Gasteiger partial charge is 0.234 e. The maximum atomic E-state index is 12.9. The molecular weight excluding hydrogens is 388 g/mol. The maximum Gasteiger partial charge on any atom is 0.234 e. The first-order valence-corrected chi connectivity index (χ1v) is 10.9. The molecule has 1 aromatic heterocycles. The fourth-order valence-electron chi connectivity index (χ4n) is 3.54. The lowest BCUT2D eigenvalue weighted by Crippen LogP contribution is -2.38. The zero-order valence-electron chi connectivity index (χ0n) is 16.6. The van der Waals surface area contributed by atoms with E-state index in [1.165, 1.54) is 4.88 Å². The molecule has 4 rings (SSSR count). The Bertz CT molecular complexity index is 995. The summed E-state index contributed by atoms with van der Waals surface area (Å²) in [7, 11) is 0. The highest BCUT2D eigenvalue weighted by Crippen LogP contribution is 2.26. The zero-order valence-corrected chi connectivity index (χ0v) is 17.4. The Kier molecular flexibility index (Phi) is 6.70. The highest BCUT2D eigenvalue weighted by atomic mass is 32.1. The summed E-state index contributed by atoms with van der Waals surface area (Å²) in [6.07, 6.45) is 0. The molecule has 0 radical (unpaired) electrons. The van der Waals surface area contributed by atoms with Crippen LogP contribution >= 0.6 is 11.3 Å². The van der Waals surface area contributed by atoms with Crippen molar-refractivity contribution in [2.75, 3.05) is 6.54 Å². The van der Waals surface area contributed by atoms with Gasteiger partial charge in [-0.3, -0.25) is 10.1 Å². The van der Waals surface area contributed by atoms with Gasteiger partial charge in [-0.25, -0.2) is 0 Å². The Hall–Kier alpha value is -3.21. The Morgan fingerprint density at radius 2 is 1.17 bits per heavy atom. The van der Waals surface area contributed by atoms with E-state index in [1.807, 2.05) is 84.9 Å². The van der Waals surface area contributed by atoms with Crippen LogP contribution in [0.3, 0.4) is 0 Å². The summed E-state index contributed by atoms with van der Waals surface area (Å²) in [5.74, 6) is -0.0369. The molecule has 0 aliphatic rings. The molecule has 0 fully saturated rings. The third-order valence-corrected chi connectivity index (χ3v) is 5.94. The number of rotatable bonds is 8. The zero-order chi connectivity index (χ0) is 20.6. The molecule has 4 aromatic rings. The average Bonchev–Trinajstić information content (AvgIpc) is 3.34. The van der Waals surface area contributed by atoms with E-state index in [0.717, 1.165) is 16.7 Å². The molecule has 0 saturated carbocycles. The van der Waals surface area contributed by atoms with Crippen LogP contribution in [0.1, 0.15) is 33.7 Å². The maximum absolute atomic E-state index is 12.9. The molecule has 2 N–H and O–H groups in total. The van der Waals surface area contributed by atoms with Gasteiger partial charge in [0.2, 0.25) is 5.91 Å². The van der Waals surface area contributed by atoms with Crippen LogP contribution in [0.25, 0.3) is 0 Å². The van der Waals surface area contributed by atoms with Crippen molar-refractivity contribution < 1.29 is 4.79 Å². The van der Waals surface area contributed by atoms with Crippen LogP contribution in [0.15, 0.2) is 109 Å². The highest BCUT2D eigenvalue weighted by Gasteiger charge is 2.19. The molecule has 1 atom stereocenters. The second-order valence-electron chi connectivity index (χ2n) is 7.06. The molecule has 0 aliphatic carbocycles. The topological polar surface area (TPSA) is 41.1 Å². The number of amides is 1. The molecule has 1 amide bonds. The molecule has 0 spiro atoms. The van der Waals surface area contributed by atoms with E-state index in [2.05, 4.69) is 34.2 Å². The number of benzene rings is 3. The van der Waals surface area contributed by atoms with Gasteiger partial charge in [-0.1, -0.05) is 97.1 Å². The van der Waals surface area contributed by atoms with Gasteiger partial charge in [0.1, 0.15) is 0 Å². The van der Waals surface area contributed by atoms with Crippen molar-refractivity contribution in [2.24, 2.45) is 0 Å². The van der Waals surface area contributed by atoms with Crippen LogP contribution in [0.5, 0.6) is 0 Å². The summed E-state index contributed by atoms with van der Waals surface area (Å²) < 4.78 is 0. The number of carbonyl (C=O) groups excluding carboxylic acids is 1. The Labute approximate surface area is 181 Å². The lowest BCUT2D eigenvalue weighted by molar-refractivity contribution is -0.120. The summed E-state index contributed by atoms with van der Waals surface area (Å²) in [6, 6.07) is 34.3. The van der Waals surface area contributed by atoms with Crippen LogP contribution < -0.4 is 10.6 Å². The summed E-state index contributed by atoms with van der Waals surface area (Å²) in [5.41, 5.74) is 3.28. The van der Waals surface area contributed by atoms with E-state index in [4.69, 9.17) is 0 Å². The fourth-order valence-corrected chi connectivity index (χ4v) is 4.37. The Morgan fingerprint density at radius 1 is 0.667 bits per heavy atom. The van der Waals surface area contributed by atoms with Gasteiger partial charge in [-0.2, -0.15) is 0 Å². The predicted octanol–water partition coefficient (Wildman–Crippen LogP) is 5.33. The molecule has 150 valence electrons. The summed E-state index contributed by atoms with van der Waals surface area (Å²) in [4.78, 5) is 14.1. The van der Waals surface area contributed by atoms with Crippen molar-refractivity contribution >= 4 is 17.2 Å². The molecule has 3 nitrogen and oxygen atoms in total. The first kappa shape index (κ1) is 20.1. The van der Waals surface area contributed by atoms with Crippen molar-refractivity contribution in [3.63, 3.8) is 0 Å². The van der Waals surface area contributed by atoms with Gasteiger partial charge in [0.05, 0.1) is 18.6 Å². The van der Waals surface area contributed by atoms with Crippen LogP contribution in [-0.4, -0.2) is 12.5 Å². The first-order chi connectivity index (χ1) is 14.8. The van der Waals surface area contributed by atoms with E-state index < -0.39 is 0 Å². The van der Waals surface area contributed by atoms with Gasteiger partial charge in [-0.05, 0) is 28.1 Å². The Morgan fingerprint density at radius 3 is 1.63 bits per heavy atom. The number of thiophene rings is 1. The van der Waals surface area contributed by atoms with Crippen LogP contribution in [0.4, 0.5) is 0 Å². The van der Waals surface area contributed by atoms with Crippen LogP contribution in [0.2, 0.25) is 0 Å². The summed E-state index contributed by atoms with van der Waals surface area (Å²) in [5, 5.41) is 8.71. The number of carbonyl (C=O) groups is 1. The van der Waals surface area contributed by atoms with Gasteiger partial charge in [0.15, 0.2) is 0 Å². The lowest BCUT2D eigenvalue weighted by Gasteiger charge is -2.22. The van der Waals surface area contributed by atoms with Gasteiger partial charge in [0, 0.05) is 4.88 Å². The molecule has 1 heterocycles. The highest BCUT2D eigenvalue weighted by molar-refractivity contribution is 7.10. The second-order valence-corrected chi connectivity index (χ2v) is 8.04. The van der Waals surface area contributed by atoms with E-state index in [-0.39, 0.29) is 24.5 Å². The largest absolute Gasteiger partial charge is 0.344 e. The average molecular weight is 413 g/mol. The number of hydrogen-bond donors (Lipinski definition) is 2. The molecule has 0 aliphatic heterocycles. The molecule has 4 heteroatoms. The van der Waals surface area contributed by atoms with Gasteiger partial charge in [0.25, 0.3) is 0 Å². The van der Waals surface area contributed by atoms with Crippen molar-refractivity contribution in [3.05, 3.63) is 130 Å². The van der Waals surface area contributed by atoms with Gasteiger partial charge < -0.3 is 5.32 Å². The second kappa shape index (κ2) is 10.0. The number of nitrogens with one attached hydrogen (secondary N) is 2. The van der Waals surface area contributed by atoms with Crippen molar-refractivity contribution in [1.29, 1.82) is 0 Å². The summed E-state index contributed by atoms with van der Waals surface area (Å²) >= 11 is 1.69. The fraction of sp³-hybridized carbons (Fsp3) is 0.115. The van der Waals surface area contributed by atoms with E-state index in [9.17, 15) is 4.79 Å². The molecule has 0 unspecified atom stereocenters. The first-order valence-electron chi connectivity index (χ1n) is 10.0.